The fourth-order valence-electron chi connectivity index (χ4n) is 1.75. The van der Waals surface area contributed by atoms with Gasteiger partial charge in [0.1, 0.15) is 11.5 Å². The lowest BCUT2D eigenvalue weighted by Gasteiger charge is -1.97. The molecule has 2 aromatic rings. The fourth-order valence-corrected chi connectivity index (χ4v) is 2.58. The third kappa shape index (κ3) is 3.17. The van der Waals surface area contributed by atoms with E-state index in [0.717, 1.165) is 5.56 Å². The molecule has 21 heavy (non-hydrogen) atoms. The summed E-state index contributed by atoms with van der Waals surface area (Å²) in [5.41, 5.74) is 1.02. The molecular weight excluding hydrogens is 289 g/mol. The molecule has 1 aliphatic heterocycles. The van der Waals surface area contributed by atoms with Crippen LogP contribution in [0.2, 0.25) is 0 Å². The van der Waals surface area contributed by atoms with Crippen LogP contribution in [0, 0.1) is 5.82 Å². The van der Waals surface area contributed by atoms with Gasteiger partial charge in [-0.25, -0.2) is 9.38 Å². The molecule has 0 saturated carbocycles. The van der Waals surface area contributed by atoms with Crippen LogP contribution in [0.3, 0.4) is 0 Å². The van der Waals surface area contributed by atoms with Gasteiger partial charge in [0.2, 0.25) is 0 Å². The predicted molar refractivity (Wildman–Crippen MR) is 81.4 cm³/mol. The molecule has 1 aromatic carbocycles. The van der Waals surface area contributed by atoms with E-state index in [1.165, 1.54) is 17.8 Å². The van der Waals surface area contributed by atoms with Crippen molar-refractivity contribution in [2.45, 2.75) is 0 Å². The number of hydrogen-bond acceptors (Lipinski definition) is 4. The Hall–Kier alpha value is -2.47. The van der Waals surface area contributed by atoms with Crippen LogP contribution >= 0.6 is 11.8 Å². The van der Waals surface area contributed by atoms with Gasteiger partial charge in [0.15, 0.2) is 5.17 Å². The molecule has 1 fully saturated rings. The lowest BCUT2D eigenvalue weighted by Crippen LogP contribution is -2.19. The van der Waals surface area contributed by atoms with E-state index in [0.29, 0.717) is 10.1 Å². The molecule has 0 spiro atoms. The van der Waals surface area contributed by atoms with Crippen LogP contribution in [0.5, 0.6) is 0 Å². The number of para-hydroxylation sites is 1. The highest BCUT2D eigenvalue weighted by molar-refractivity contribution is 8.18. The highest BCUT2D eigenvalue weighted by Crippen LogP contribution is 2.28. The Kier molecular flexibility index (Phi) is 3.79. The standard InChI is InChI=1S/C15H10FN3OS/c16-11-5-1-2-6-12(11)18-15-19-14(20)13(21-15)8-10-4-3-7-17-9-10/h1-9H,(H,18,19,20)/b13-8-. The molecule has 4 nitrogen and oxygen atoms in total. The SMILES string of the molecule is O=C1NC(=Nc2ccccc2F)S/C1=C\c1cccnc1. The number of nitrogens with zero attached hydrogens (tertiary/aromatic N) is 2. The lowest BCUT2D eigenvalue weighted by atomic mass is 10.2. The normalized spacial score (nSPS) is 18.2. The quantitative estimate of drug-likeness (QED) is 0.867. The second-order valence-corrected chi connectivity index (χ2v) is 5.25. The van der Waals surface area contributed by atoms with E-state index in [9.17, 15) is 9.18 Å². The van der Waals surface area contributed by atoms with Gasteiger partial charge >= 0.3 is 0 Å². The molecule has 0 bridgehead atoms. The molecule has 1 aliphatic rings. The zero-order chi connectivity index (χ0) is 14.7. The fraction of sp³-hybridized carbons (Fsp3) is 0. The van der Waals surface area contributed by atoms with Crippen LogP contribution in [-0.2, 0) is 4.79 Å². The van der Waals surface area contributed by atoms with Gasteiger partial charge in [-0.15, -0.1) is 0 Å². The number of halogens is 1. The topological polar surface area (TPSA) is 54.4 Å². The van der Waals surface area contributed by atoms with E-state index >= 15 is 0 Å². The summed E-state index contributed by atoms with van der Waals surface area (Å²) < 4.78 is 13.5. The largest absolute Gasteiger partial charge is 0.300 e. The third-order valence-corrected chi connectivity index (χ3v) is 3.62. The van der Waals surface area contributed by atoms with E-state index in [4.69, 9.17) is 0 Å². The number of thioether (sulfide) groups is 1. The zero-order valence-corrected chi connectivity index (χ0v) is 11.6. The van der Waals surface area contributed by atoms with Crippen molar-refractivity contribution in [1.29, 1.82) is 0 Å². The van der Waals surface area contributed by atoms with Crippen LogP contribution < -0.4 is 5.32 Å². The number of amidine groups is 1. The summed E-state index contributed by atoms with van der Waals surface area (Å²) in [6, 6.07) is 9.80. The van der Waals surface area contributed by atoms with Crippen molar-refractivity contribution in [1.82, 2.24) is 10.3 Å². The number of hydrogen-bond donors (Lipinski definition) is 1. The molecule has 2 heterocycles. The monoisotopic (exact) mass is 299 g/mol. The molecule has 1 saturated heterocycles. The number of nitrogens with one attached hydrogen (secondary N) is 1. The van der Waals surface area contributed by atoms with Crippen molar-refractivity contribution < 1.29 is 9.18 Å². The third-order valence-electron chi connectivity index (χ3n) is 2.71. The highest BCUT2D eigenvalue weighted by Gasteiger charge is 2.24. The van der Waals surface area contributed by atoms with Crippen molar-refractivity contribution in [2.75, 3.05) is 0 Å². The number of rotatable bonds is 2. The zero-order valence-electron chi connectivity index (χ0n) is 10.8. The molecule has 6 heteroatoms. The first-order valence-corrected chi connectivity index (χ1v) is 6.98. The summed E-state index contributed by atoms with van der Waals surface area (Å²) in [4.78, 5) is 20.5. The number of carbonyl (C=O) groups excluding carboxylic acids is 1. The maximum absolute atomic E-state index is 13.5. The predicted octanol–water partition coefficient (Wildman–Crippen LogP) is 3.11. The first-order chi connectivity index (χ1) is 10.2. The number of carbonyl (C=O) groups is 1. The molecule has 104 valence electrons. The van der Waals surface area contributed by atoms with Crippen LogP contribution in [0.15, 0.2) is 58.7 Å². The van der Waals surface area contributed by atoms with Gasteiger partial charge in [-0.3, -0.25) is 9.78 Å². The maximum Gasteiger partial charge on any atom is 0.264 e. The average molecular weight is 299 g/mol. The van der Waals surface area contributed by atoms with Gasteiger partial charge < -0.3 is 5.32 Å². The van der Waals surface area contributed by atoms with Crippen LogP contribution in [0.25, 0.3) is 6.08 Å². The van der Waals surface area contributed by atoms with Gasteiger partial charge in [0.25, 0.3) is 5.91 Å². The highest BCUT2D eigenvalue weighted by atomic mass is 32.2. The summed E-state index contributed by atoms with van der Waals surface area (Å²) in [7, 11) is 0. The van der Waals surface area contributed by atoms with Crippen molar-refractivity contribution in [3.05, 3.63) is 65.1 Å². The van der Waals surface area contributed by atoms with E-state index in [1.54, 1.807) is 42.7 Å². The molecule has 0 atom stereocenters. The van der Waals surface area contributed by atoms with E-state index in [1.807, 2.05) is 6.07 Å². The Morgan fingerprint density at radius 2 is 2.10 bits per heavy atom. The Labute approximate surface area is 124 Å². The van der Waals surface area contributed by atoms with Crippen molar-refractivity contribution in [3.8, 4) is 0 Å². The van der Waals surface area contributed by atoms with E-state index in [-0.39, 0.29) is 11.6 Å². The number of aromatic nitrogens is 1. The summed E-state index contributed by atoms with van der Waals surface area (Å²) in [5, 5.41) is 2.98. The molecule has 3 rings (SSSR count). The minimum absolute atomic E-state index is 0.197. The second-order valence-electron chi connectivity index (χ2n) is 4.22. The maximum atomic E-state index is 13.5. The molecule has 1 N–H and O–H groups in total. The summed E-state index contributed by atoms with van der Waals surface area (Å²) in [6.07, 6.45) is 5.04. The van der Waals surface area contributed by atoms with Crippen LogP contribution in [0.1, 0.15) is 5.56 Å². The van der Waals surface area contributed by atoms with Gasteiger partial charge in [0, 0.05) is 12.4 Å². The minimum atomic E-state index is -0.426. The molecule has 1 aromatic heterocycles. The number of pyridine rings is 1. The second kappa shape index (κ2) is 5.88. The van der Waals surface area contributed by atoms with E-state index in [2.05, 4.69) is 15.3 Å². The minimum Gasteiger partial charge on any atom is -0.300 e. The molecule has 0 unspecified atom stereocenters. The first kappa shape index (κ1) is 13.5. The Bertz CT molecular complexity index is 744. The lowest BCUT2D eigenvalue weighted by molar-refractivity contribution is -0.115. The summed E-state index contributed by atoms with van der Waals surface area (Å²) >= 11 is 1.17. The summed E-state index contributed by atoms with van der Waals surface area (Å²) in [5.74, 6) is -0.677. The van der Waals surface area contributed by atoms with Crippen molar-refractivity contribution >= 4 is 34.6 Å². The molecular formula is C15H10FN3OS. The number of aliphatic imine (C=N–C) groups is 1. The van der Waals surface area contributed by atoms with Gasteiger partial charge in [-0.05, 0) is 41.6 Å². The number of amides is 1. The van der Waals surface area contributed by atoms with Crippen LogP contribution in [-0.4, -0.2) is 16.1 Å². The van der Waals surface area contributed by atoms with Crippen LogP contribution in [0.4, 0.5) is 10.1 Å². The number of benzene rings is 1. The van der Waals surface area contributed by atoms with E-state index < -0.39 is 5.82 Å². The van der Waals surface area contributed by atoms with Gasteiger partial charge in [-0.1, -0.05) is 18.2 Å². The molecule has 0 radical (unpaired) electrons. The summed E-state index contributed by atoms with van der Waals surface area (Å²) in [6.45, 7) is 0. The Balaban J connectivity index is 1.85. The van der Waals surface area contributed by atoms with Crippen molar-refractivity contribution in [2.24, 2.45) is 4.99 Å². The van der Waals surface area contributed by atoms with Crippen molar-refractivity contribution in [3.63, 3.8) is 0 Å². The van der Waals surface area contributed by atoms with Gasteiger partial charge in [0.05, 0.1) is 4.91 Å². The smallest absolute Gasteiger partial charge is 0.264 e. The first-order valence-electron chi connectivity index (χ1n) is 6.16. The van der Waals surface area contributed by atoms with Gasteiger partial charge in [-0.2, -0.15) is 0 Å². The Morgan fingerprint density at radius 3 is 2.86 bits per heavy atom. The molecule has 0 aliphatic carbocycles. The Morgan fingerprint density at radius 1 is 1.24 bits per heavy atom. The molecule has 1 amide bonds. The average Bonchev–Trinajstić information content (AvgIpc) is 2.82.